The highest BCUT2D eigenvalue weighted by Crippen LogP contribution is 2.17. The number of benzene rings is 1. The van der Waals surface area contributed by atoms with E-state index in [1.807, 2.05) is 24.3 Å². The lowest BCUT2D eigenvalue weighted by Gasteiger charge is -2.03. The largest absolute Gasteiger partial charge is 0.497 e. The van der Waals surface area contributed by atoms with Crippen molar-refractivity contribution in [3.8, 4) is 17.2 Å². The number of rotatable bonds is 5. The topological polar surface area (TPSA) is 92.5 Å². The Labute approximate surface area is 138 Å². The molecule has 0 fully saturated rings. The monoisotopic (exact) mass is 324 g/mol. The molecule has 0 aliphatic heterocycles. The van der Waals surface area contributed by atoms with Crippen molar-refractivity contribution < 1.29 is 13.9 Å². The number of ether oxygens (including phenoxy) is 1. The third kappa shape index (κ3) is 3.35. The fourth-order valence-corrected chi connectivity index (χ4v) is 2.08. The van der Waals surface area contributed by atoms with Gasteiger partial charge in [0.05, 0.1) is 19.1 Å². The van der Waals surface area contributed by atoms with Gasteiger partial charge in [-0.1, -0.05) is 0 Å². The molecule has 0 saturated carbocycles. The molecule has 0 bridgehead atoms. The number of furan rings is 1. The van der Waals surface area contributed by atoms with Gasteiger partial charge in [-0.3, -0.25) is 9.89 Å². The SMILES string of the molecule is COc1ccc(C(C)=NNC(=O)c2cc(-c3ccco3)[nH]n2)cc1. The van der Waals surface area contributed by atoms with Crippen LogP contribution in [0.4, 0.5) is 0 Å². The number of carbonyl (C=O) groups is 1. The summed E-state index contributed by atoms with van der Waals surface area (Å²) in [5, 5.41) is 10.8. The van der Waals surface area contributed by atoms with Gasteiger partial charge < -0.3 is 9.15 Å². The molecule has 24 heavy (non-hydrogen) atoms. The number of nitrogens with zero attached hydrogens (tertiary/aromatic N) is 2. The van der Waals surface area contributed by atoms with E-state index in [2.05, 4.69) is 20.7 Å². The Balaban J connectivity index is 1.68. The third-order valence-corrected chi connectivity index (χ3v) is 3.43. The number of aromatic nitrogens is 2. The Morgan fingerprint density at radius 3 is 2.75 bits per heavy atom. The molecule has 1 aromatic carbocycles. The Kier molecular flexibility index (Phi) is 4.42. The van der Waals surface area contributed by atoms with Crippen LogP contribution in [0.5, 0.6) is 5.75 Å². The minimum absolute atomic E-state index is 0.229. The van der Waals surface area contributed by atoms with Gasteiger partial charge in [0.15, 0.2) is 11.5 Å². The fraction of sp³-hybridized carbons (Fsp3) is 0.118. The van der Waals surface area contributed by atoms with Gasteiger partial charge in [0.1, 0.15) is 11.4 Å². The van der Waals surface area contributed by atoms with Crippen LogP contribution in [0.3, 0.4) is 0 Å². The maximum atomic E-state index is 12.1. The number of methoxy groups -OCH3 is 1. The summed E-state index contributed by atoms with van der Waals surface area (Å²) in [6, 6.07) is 12.5. The van der Waals surface area contributed by atoms with E-state index in [1.54, 1.807) is 38.5 Å². The molecule has 0 atom stereocenters. The average molecular weight is 324 g/mol. The van der Waals surface area contributed by atoms with Crippen molar-refractivity contribution in [1.29, 1.82) is 0 Å². The van der Waals surface area contributed by atoms with Crippen LogP contribution in [0.2, 0.25) is 0 Å². The predicted molar refractivity (Wildman–Crippen MR) is 89.0 cm³/mol. The maximum absolute atomic E-state index is 12.1. The molecular weight excluding hydrogens is 308 g/mol. The van der Waals surface area contributed by atoms with E-state index >= 15 is 0 Å². The van der Waals surface area contributed by atoms with Crippen molar-refractivity contribution in [3.63, 3.8) is 0 Å². The molecule has 122 valence electrons. The Hall–Kier alpha value is -3.35. The zero-order valence-electron chi connectivity index (χ0n) is 13.2. The van der Waals surface area contributed by atoms with E-state index in [0.717, 1.165) is 11.3 Å². The summed E-state index contributed by atoms with van der Waals surface area (Å²) >= 11 is 0. The van der Waals surface area contributed by atoms with Crippen LogP contribution < -0.4 is 10.2 Å². The predicted octanol–water partition coefficient (Wildman–Crippen LogP) is 2.83. The number of H-pyrrole nitrogens is 1. The molecule has 1 amide bonds. The number of hydrogen-bond acceptors (Lipinski definition) is 5. The lowest BCUT2D eigenvalue weighted by atomic mass is 10.1. The number of hydrogen-bond donors (Lipinski definition) is 2. The van der Waals surface area contributed by atoms with Crippen molar-refractivity contribution in [1.82, 2.24) is 15.6 Å². The van der Waals surface area contributed by atoms with Gasteiger partial charge in [0, 0.05) is 6.07 Å². The number of aromatic amines is 1. The quantitative estimate of drug-likeness (QED) is 0.557. The van der Waals surface area contributed by atoms with E-state index in [4.69, 9.17) is 9.15 Å². The summed E-state index contributed by atoms with van der Waals surface area (Å²) in [5.41, 5.74) is 4.90. The van der Waals surface area contributed by atoms with Gasteiger partial charge in [-0.15, -0.1) is 0 Å². The van der Waals surface area contributed by atoms with E-state index in [-0.39, 0.29) is 5.69 Å². The number of carbonyl (C=O) groups excluding carboxylic acids is 1. The first-order valence-corrected chi connectivity index (χ1v) is 7.25. The minimum atomic E-state index is -0.406. The molecule has 0 spiro atoms. The van der Waals surface area contributed by atoms with E-state index in [1.165, 1.54) is 0 Å². The third-order valence-electron chi connectivity index (χ3n) is 3.43. The summed E-state index contributed by atoms with van der Waals surface area (Å²) in [6.45, 7) is 1.81. The number of hydrazone groups is 1. The second-order valence-corrected chi connectivity index (χ2v) is 5.01. The molecule has 2 N–H and O–H groups in total. The van der Waals surface area contributed by atoms with E-state index < -0.39 is 5.91 Å². The van der Waals surface area contributed by atoms with Crippen LogP contribution in [0.15, 0.2) is 58.2 Å². The van der Waals surface area contributed by atoms with Gasteiger partial charge in [0.2, 0.25) is 0 Å². The highest BCUT2D eigenvalue weighted by molar-refractivity contribution is 6.00. The first-order chi connectivity index (χ1) is 11.7. The zero-order chi connectivity index (χ0) is 16.9. The molecule has 7 nitrogen and oxygen atoms in total. The van der Waals surface area contributed by atoms with Gasteiger partial charge >= 0.3 is 0 Å². The van der Waals surface area contributed by atoms with Crippen LogP contribution >= 0.6 is 0 Å². The summed E-state index contributed by atoms with van der Waals surface area (Å²) in [7, 11) is 1.61. The van der Waals surface area contributed by atoms with Crippen molar-refractivity contribution in [2.24, 2.45) is 5.10 Å². The van der Waals surface area contributed by atoms with Crippen LogP contribution in [0.1, 0.15) is 23.0 Å². The molecule has 0 radical (unpaired) electrons. The molecule has 0 unspecified atom stereocenters. The molecule has 3 rings (SSSR count). The number of amides is 1. The molecule has 0 aliphatic rings. The highest BCUT2D eigenvalue weighted by Gasteiger charge is 2.12. The number of nitrogens with one attached hydrogen (secondary N) is 2. The molecule has 0 aliphatic carbocycles. The van der Waals surface area contributed by atoms with Gasteiger partial charge in [0.25, 0.3) is 5.91 Å². The zero-order valence-corrected chi connectivity index (χ0v) is 13.2. The summed E-state index contributed by atoms with van der Waals surface area (Å²) in [4.78, 5) is 12.1. The molecule has 2 heterocycles. The van der Waals surface area contributed by atoms with Crippen molar-refractivity contribution in [3.05, 3.63) is 60.0 Å². The summed E-state index contributed by atoms with van der Waals surface area (Å²) in [6.07, 6.45) is 1.55. The standard InChI is InChI=1S/C17H16N4O3/c1-11(12-5-7-13(23-2)8-6-12)18-21-17(22)15-10-14(19-20-15)16-4-3-9-24-16/h3-10H,1-2H3,(H,19,20)(H,21,22). The highest BCUT2D eigenvalue weighted by atomic mass is 16.5. The molecule has 3 aromatic rings. The maximum Gasteiger partial charge on any atom is 0.291 e. The van der Waals surface area contributed by atoms with Crippen molar-refractivity contribution in [2.75, 3.05) is 7.11 Å². The molecular formula is C17H16N4O3. The molecule has 7 heteroatoms. The van der Waals surface area contributed by atoms with Gasteiger partial charge in [-0.2, -0.15) is 10.2 Å². The summed E-state index contributed by atoms with van der Waals surface area (Å²) < 4.78 is 10.4. The molecule has 2 aromatic heterocycles. The first-order valence-electron chi connectivity index (χ1n) is 7.25. The van der Waals surface area contributed by atoms with Crippen LogP contribution in [0.25, 0.3) is 11.5 Å². The minimum Gasteiger partial charge on any atom is -0.497 e. The Morgan fingerprint density at radius 1 is 1.29 bits per heavy atom. The van der Waals surface area contributed by atoms with Crippen LogP contribution in [-0.4, -0.2) is 28.9 Å². The second kappa shape index (κ2) is 6.82. The lowest BCUT2D eigenvalue weighted by Crippen LogP contribution is -2.19. The first kappa shape index (κ1) is 15.5. The van der Waals surface area contributed by atoms with Gasteiger partial charge in [-0.25, -0.2) is 5.43 Å². The normalized spacial score (nSPS) is 11.3. The van der Waals surface area contributed by atoms with Gasteiger partial charge in [-0.05, 0) is 48.9 Å². The Bertz CT molecular complexity index is 848. The smallest absolute Gasteiger partial charge is 0.291 e. The average Bonchev–Trinajstić information content (AvgIpc) is 3.30. The summed E-state index contributed by atoms with van der Waals surface area (Å²) in [5.74, 6) is 0.967. The van der Waals surface area contributed by atoms with Crippen molar-refractivity contribution >= 4 is 11.6 Å². The second-order valence-electron chi connectivity index (χ2n) is 5.01. The van der Waals surface area contributed by atoms with E-state index in [0.29, 0.717) is 17.2 Å². The van der Waals surface area contributed by atoms with Crippen LogP contribution in [0, 0.1) is 0 Å². The Morgan fingerprint density at radius 2 is 2.08 bits per heavy atom. The lowest BCUT2D eigenvalue weighted by molar-refractivity contribution is 0.0950. The van der Waals surface area contributed by atoms with Crippen molar-refractivity contribution in [2.45, 2.75) is 6.92 Å². The molecule has 0 saturated heterocycles. The van der Waals surface area contributed by atoms with E-state index in [9.17, 15) is 4.79 Å². The fourth-order valence-electron chi connectivity index (χ4n) is 2.08. The van der Waals surface area contributed by atoms with Crippen LogP contribution in [-0.2, 0) is 0 Å².